The predicted octanol–water partition coefficient (Wildman–Crippen LogP) is 4.07. The van der Waals surface area contributed by atoms with Gasteiger partial charge in [-0.05, 0) is 23.3 Å². The maximum absolute atomic E-state index is 4.50. The third-order valence-electron chi connectivity index (χ3n) is 5.14. The van der Waals surface area contributed by atoms with Gasteiger partial charge in [0, 0.05) is 50.3 Å². The maximum Gasteiger partial charge on any atom is 0.169 e. The molecule has 3 heterocycles. The van der Waals surface area contributed by atoms with Crippen molar-refractivity contribution in [1.82, 2.24) is 29.1 Å². The van der Waals surface area contributed by atoms with Crippen LogP contribution in [0.1, 0.15) is 11.1 Å². The fourth-order valence-corrected chi connectivity index (χ4v) is 3.58. The molecule has 32 heavy (non-hydrogen) atoms. The van der Waals surface area contributed by atoms with Crippen molar-refractivity contribution in [1.29, 1.82) is 0 Å². The molecule has 3 aromatic heterocycles. The van der Waals surface area contributed by atoms with E-state index < -0.39 is 0 Å². The van der Waals surface area contributed by atoms with Crippen LogP contribution in [-0.4, -0.2) is 29.1 Å². The summed E-state index contributed by atoms with van der Waals surface area (Å²) < 4.78 is 4.00. The number of hydrogen-bond donors (Lipinski definition) is 2. The summed E-state index contributed by atoms with van der Waals surface area (Å²) in [7, 11) is 0. The van der Waals surface area contributed by atoms with Gasteiger partial charge in [-0.3, -0.25) is 0 Å². The van der Waals surface area contributed by atoms with Crippen LogP contribution >= 0.6 is 0 Å². The molecule has 0 aliphatic heterocycles. The minimum absolute atomic E-state index is 0.605. The lowest BCUT2D eigenvalue weighted by Gasteiger charge is -2.15. The lowest BCUT2D eigenvalue weighted by molar-refractivity contribution is 0.987. The molecule has 5 rings (SSSR count). The first-order valence-corrected chi connectivity index (χ1v) is 10.3. The molecule has 8 heteroatoms. The van der Waals surface area contributed by atoms with Crippen LogP contribution in [0.4, 0.5) is 11.6 Å². The van der Waals surface area contributed by atoms with Crippen LogP contribution in [0.2, 0.25) is 0 Å². The van der Waals surface area contributed by atoms with Crippen molar-refractivity contribution in [3.63, 3.8) is 0 Å². The van der Waals surface area contributed by atoms with Crippen LogP contribution < -0.4 is 10.6 Å². The number of hydrogen-bond acceptors (Lipinski definition) is 6. The largest absolute Gasteiger partial charge is 0.363 e. The highest BCUT2D eigenvalue weighted by Gasteiger charge is 2.09. The van der Waals surface area contributed by atoms with E-state index in [0.29, 0.717) is 24.7 Å². The summed E-state index contributed by atoms with van der Waals surface area (Å²) in [6.45, 7) is 1.21. The van der Waals surface area contributed by atoms with Crippen molar-refractivity contribution < 1.29 is 0 Å². The molecule has 2 aromatic carbocycles. The average molecular weight is 422 g/mol. The van der Waals surface area contributed by atoms with Crippen LogP contribution in [0.5, 0.6) is 0 Å². The Morgan fingerprint density at radius 3 is 1.50 bits per heavy atom. The van der Waals surface area contributed by atoms with E-state index in [9.17, 15) is 0 Å². The molecule has 0 spiro atoms. The van der Waals surface area contributed by atoms with Crippen LogP contribution in [0.25, 0.3) is 11.4 Å². The minimum Gasteiger partial charge on any atom is -0.363 e. The Kier molecular flexibility index (Phi) is 5.56. The number of anilines is 2. The summed E-state index contributed by atoms with van der Waals surface area (Å²) in [5.41, 5.74) is 4.41. The standard InChI is InChI=1S/C24H22N8/c1-3-7-21(31-13-11-25-17-31)19(5-1)15-29-23-24(28-10-9-27-23)30-16-20-6-2-4-8-22(20)32-14-12-26-18-32/h1-14,17-18H,15-16H2,(H,27,29)(H,28,30). The minimum atomic E-state index is 0.605. The van der Waals surface area contributed by atoms with E-state index in [-0.39, 0.29) is 0 Å². The summed E-state index contributed by atoms with van der Waals surface area (Å²) in [5, 5.41) is 6.85. The van der Waals surface area contributed by atoms with E-state index in [2.05, 4.69) is 54.8 Å². The second-order valence-electron chi connectivity index (χ2n) is 7.16. The normalized spacial score (nSPS) is 10.8. The predicted molar refractivity (Wildman–Crippen MR) is 124 cm³/mol. The number of benzene rings is 2. The molecule has 0 amide bonds. The number of rotatable bonds is 8. The zero-order chi connectivity index (χ0) is 21.6. The highest BCUT2D eigenvalue weighted by Crippen LogP contribution is 2.21. The molecular formula is C24H22N8. The van der Waals surface area contributed by atoms with E-state index in [0.717, 1.165) is 22.5 Å². The van der Waals surface area contributed by atoms with Crippen LogP contribution in [0, 0.1) is 0 Å². The quantitative estimate of drug-likeness (QED) is 0.392. The molecule has 0 radical (unpaired) electrons. The SMILES string of the molecule is c1ccc(-n2ccnc2)c(CNc2nccnc2NCc2ccccc2-n2ccnc2)c1. The fourth-order valence-electron chi connectivity index (χ4n) is 3.58. The zero-order valence-electron chi connectivity index (χ0n) is 17.3. The number of imidazole rings is 2. The van der Waals surface area contributed by atoms with Gasteiger partial charge < -0.3 is 19.8 Å². The van der Waals surface area contributed by atoms with Gasteiger partial charge in [0.2, 0.25) is 0 Å². The Labute approximate surface area is 185 Å². The molecule has 0 saturated heterocycles. The lowest BCUT2D eigenvalue weighted by atomic mass is 10.1. The molecule has 0 unspecified atom stereocenters. The molecule has 0 aliphatic rings. The summed E-state index contributed by atoms with van der Waals surface area (Å²) in [6, 6.07) is 16.4. The summed E-state index contributed by atoms with van der Waals surface area (Å²) >= 11 is 0. The number of nitrogens with zero attached hydrogens (tertiary/aromatic N) is 6. The van der Waals surface area contributed by atoms with Crippen molar-refractivity contribution in [2.45, 2.75) is 13.1 Å². The van der Waals surface area contributed by atoms with E-state index in [4.69, 9.17) is 0 Å². The van der Waals surface area contributed by atoms with Gasteiger partial charge in [0.15, 0.2) is 11.6 Å². The van der Waals surface area contributed by atoms with Gasteiger partial charge in [-0.15, -0.1) is 0 Å². The molecule has 0 fully saturated rings. The number of aromatic nitrogens is 6. The molecule has 0 saturated carbocycles. The second kappa shape index (κ2) is 9.13. The smallest absolute Gasteiger partial charge is 0.169 e. The first kappa shape index (κ1) is 19.5. The van der Waals surface area contributed by atoms with Crippen LogP contribution in [0.15, 0.2) is 98.4 Å². The Morgan fingerprint density at radius 2 is 1.06 bits per heavy atom. The van der Waals surface area contributed by atoms with Gasteiger partial charge in [0.1, 0.15) is 0 Å². The van der Waals surface area contributed by atoms with Crippen LogP contribution in [0.3, 0.4) is 0 Å². The average Bonchev–Trinajstić information content (AvgIpc) is 3.57. The maximum atomic E-state index is 4.50. The van der Waals surface area contributed by atoms with Crippen molar-refractivity contribution in [2.75, 3.05) is 10.6 Å². The Morgan fingerprint density at radius 1 is 0.594 bits per heavy atom. The van der Waals surface area contributed by atoms with Crippen molar-refractivity contribution in [3.05, 3.63) is 109 Å². The van der Waals surface area contributed by atoms with Gasteiger partial charge >= 0.3 is 0 Å². The molecule has 0 bridgehead atoms. The molecule has 8 nitrogen and oxygen atoms in total. The van der Waals surface area contributed by atoms with E-state index in [1.54, 1.807) is 37.4 Å². The Balaban J connectivity index is 1.32. The van der Waals surface area contributed by atoms with Crippen molar-refractivity contribution >= 4 is 11.6 Å². The van der Waals surface area contributed by atoms with E-state index in [1.165, 1.54) is 0 Å². The molecular weight excluding hydrogens is 400 g/mol. The van der Waals surface area contributed by atoms with E-state index >= 15 is 0 Å². The fraction of sp³-hybridized carbons (Fsp3) is 0.0833. The summed E-state index contributed by atoms with van der Waals surface area (Å²) in [5.74, 6) is 1.40. The lowest BCUT2D eigenvalue weighted by Crippen LogP contribution is -2.11. The highest BCUT2D eigenvalue weighted by molar-refractivity contribution is 5.60. The zero-order valence-corrected chi connectivity index (χ0v) is 17.3. The van der Waals surface area contributed by atoms with E-state index in [1.807, 2.05) is 45.8 Å². The Bertz CT molecular complexity index is 1180. The first-order chi connectivity index (χ1) is 15.9. The third-order valence-corrected chi connectivity index (χ3v) is 5.14. The van der Waals surface area contributed by atoms with Gasteiger partial charge in [-0.25, -0.2) is 19.9 Å². The van der Waals surface area contributed by atoms with Gasteiger partial charge in [0.05, 0.1) is 24.0 Å². The van der Waals surface area contributed by atoms with Crippen LogP contribution in [-0.2, 0) is 13.1 Å². The van der Waals surface area contributed by atoms with Crippen molar-refractivity contribution in [2.24, 2.45) is 0 Å². The van der Waals surface area contributed by atoms with Gasteiger partial charge in [0.25, 0.3) is 0 Å². The summed E-state index contributed by atoms with van der Waals surface area (Å²) in [6.07, 6.45) is 14.4. The van der Waals surface area contributed by atoms with Crippen molar-refractivity contribution in [3.8, 4) is 11.4 Å². The van der Waals surface area contributed by atoms with Gasteiger partial charge in [-0.2, -0.15) is 0 Å². The molecule has 0 atom stereocenters. The first-order valence-electron chi connectivity index (χ1n) is 10.3. The highest BCUT2D eigenvalue weighted by atomic mass is 15.1. The third kappa shape index (κ3) is 4.20. The number of para-hydroxylation sites is 2. The number of nitrogens with one attached hydrogen (secondary N) is 2. The molecule has 158 valence electrons. The Hall–Kier alpha value is -4.46. The topological polar surface area (TPSA) is 85.5 Å². The molecule has 2 N–H and O–H groups in total. The van der Waals surface area contributed by atoms with Gasteiger partial charge in [-0.1, -0.05) is 36.4 Å². The summed E-state index contributed by atoms with van der Waals surface area (Å²) in [4.78, 5) is 17.3. The second-order valence-corrected chi connectivity index (χ2v) is 7.16. The monoisotopic (exact) mass is 422 g/mol. The molecule has 5 aromatic rings. The molecule has 0 aliphatic carbocycles.